The van der Waals surface area contributed by atoms with Gasteiger partial charge in [-0.05, 0) is 20.8 Å². The first kappa shape index (κ1) is 15.1. The van der Waals surface area contributed by atoms with E-state index in [1.54, 1.807) is 6.92 Å². The van der Waals surface area contributed by atoms with Crippen LogP contribution >= 0.6 is 24.0 Å². The van der Waals surface area contributed by atoms with Crippen molar-refractivity contribution in [3.8, 4) is 0 Å². The molecule has 0 saturated heterocycles. The predicted molar refractivity (Wildman–Crippen MR) is 72.7 cm³/mol. The van der Waals surface area contributed by atoms with Gasteiger partial charge in [-0.2, -0.15) is 4.98 Å². The van der Waals surface area contributed by atoms with Gasteiger partial charge in [0.05, 0.1) is 0 Å². The Bertz CT molecular complexity index is 334. The number of hydrogen-bond donors (Lipinski definition) is 1. The molecule has 1 rings (SSSR count). The van der Waals surface area contributed by atoms with Gasteiger partial charge in [0.2, 0.25) is 5.89 Å². The summed E-state index contributed by atoms with van der Waals surface area (Å²) in [6.07, 6.45) is 0. The summed E-state index contributed by atoms with van der Waals surface area (Å²) < 4.78 is 4.92. The van der Waals surface area contributed by atoms with E-state index < -0.39 is 0 Å². The molecule has 0 fully saturated rings. The highest BCUT2D eigenvalue weighted by atomic mass is 127. The smallest absolute Gasteiger partial charge is 0.248 e. The number of nitrogens with zero attached hydrogens (tertiary/aromatic N) is 4. The molecule has 92 valence electrons. The zero-order valence-corrected chi connectivity index (χ0v) is 12.1. The Labute approximate surface area is 112 Å². The lowest BCUT2D eigenvalue weighted by Gasteiger charge is -2.18. The summed E-state index contributed by atoms with van der Waals surface area (Å²) >= 11 is 0. The fourth-order valence-corrected chi connectivity index (χ4v) is 1.20. The molecule has 0 unspecified atom stereocenters. The third kappa shape index (κ3) is 4.33. The second-order valence-corrected chi connectivity index (χ2v) is 3.08. The van der Waals surface area contributed by atoms with Crippen molar-refractivity contribution < 1.29 is 4.52 Å². The molecule has 0 amide bonds. The molecular formula is C9H18IN5O. The van der Waals surface area contributed by atoms with Crippen LogP contribution in [0, 0.1) is 6.92 Å². The summed E-state index contributed by atoms with van der Waals surface area (Å²) in [4.78, 5) is 10.2. The minimum absolute atomic E-state index is 0. The molecule has 1 heterocycles. The van der Waals surface area contributed by atoms with Crippen molar-refractivity contribution in [1.82, 2.24) is 15.0 Å². The number of halogens is 1. The van der Waals surface area contributed by atoms with Crippen LogP contribution in [0.15, 0.2) is 9.52 Å². The molecule has 0 radical (unpaired) electrons. The zero-order valence-electron chi connectivity index (χ0n) is 9.80. The maximum Gasteiger partial charge on any atom is 0.248 e. The first-order valence-electron chi connectivity index (χ1n) is 5.01. The number of aryl methyl sites for hydroxylation is 1. The SMILES string of the molecule is CCN(CC)C(N)=NCc1nc(C)no1.I. The van der Waals surface area contributed by atoms with E-state index in [1.165, 1.54) is 0 Å². The predicted octanol–water partition coefficient (Wildman–Crippen LogP) is 1.15. The van der Waals surface area contributed by atoms with Crippen LogP contribution in [-0.4, -0.2) is 34.1 Å². The van der Waals surface area contributed by atoms with Crippen LogP contribution in [-0.2, 0) is 6.54 Å². The first-order valence-corrected chi connectivity index (χ1v) is 5.01. The number of aromatic nitrogens is 2. The molecule has 0 aliphatic carbocycles. The molecule has 0 atom stereocenters. The second kappa shape index (κ2) is 7.42. The monoisotopic (exact) mass is 339 g/mol. The minimum Gasteiger partial charge on any atom is -0.370 e. The average molecular weight is 339 g/mol. The number of hydrogen-bond acceptors (Lipinski definition) is 4. The second-order valence-electron chi connectivity index (χ2n) is 3.08. The quantitative estimate of drug-likeness (QED) is 0.506. The van der Waals surface area contributed by atoms with Gasteiger partial charge in [0.15, 0.2) is 11.8 Å². The largest absolute Gasteiger partial charge is 0.370 e. The highest BCUT2D eigenvalue weighted by molar-refractivity contribution is 14.0. The van der Waals surface area contributed by atoms with Crippen molar-refractivity contribution >= 4 is 29.9 Å². The first-order chi connectivity index (χ1) is 7.17. The molecule has 7 heteroatoms. The van der Waals surface area contributed by atoms with Gasteiger partial charge in [0, 0.05) is 13.1 Å². The molecule has 2 N–H and O–H groups in total. The summed E-state index contributed by atoms with van der Waals surface area (Å²) in [6, 6.07) is 0. The van der Waals surface area contributed by atoms with Gasteiger partial charge in [0.25, 0.3) is 0 Å². The maximum atomic E-state index is 5.78. The van der Waals surface area contributed by atoms with E-state index in [9.17, 15) is 0 Å². The van der Waals surface area contributed by atoms with Gasteiger partial charge in [0.1, 0.15) is 6.54 Å². The molecule has 0 aliphatic rings. The molecule has 0 spiro atoms. The van der Waals surface area contributed by atoms with Crippen molar-refractivity contribution in [2.45, 2.75) is 27.3 Å². The molecule has 0 aliphatic heterocycles. The molecule has 0 saturated carbocycles. The normalized spacial score (nSPS) is 11.1. The fraction of sp³-hybridized carbons (Fsp3) is 0.667. The van der Waals surface area contributed by atoms with Crippen molar-refractivity contribution in [2.75, 3.05) is 13.1 Å². The van der Waals surface area contributed by atoms with Crippen LogP contribution in [0.2, 0.25) is 0 Å². The van der Waals surface area contributed by atoms with Gasteiger partial charge >= 0.3 is 0 Å². The number of aliphatic imine (C=N–C) groups is 1. The van der Waals surface area contributed by atoms with Gasteiger partial charge in [-0.15, -0.1) is 24.0 Å². The Kier molecular flexibility index (Phi) is 7.02. The van der Waals surface area contributed by atoms with Crippen LogP contribution in [0.5, 0.6) is 0 Å². The van der Waals surface area contributed by atoms with Gasteiger partial charge < -0.3 is 15.2 Å². The topological polar surface area (TPSA) is 80.5 Å². The zero-order chi connectivity index (χ0) is 11.3. The summed E-state index contributed by atoms with van der Waals surface area (Å²) in [6.45, 7) is 7.85. The number of rotatable bonds is 4. The fourth-order valence-electron chi connectivity index (χ4n) is 1.20. The summed E-state index contributed by atoms with van der Waals surface area (Å²) in [5, 5.41) is 3.67. The Balaban J connectivity index is 0.00000225. The highest BCUT2D eigenvalue weighted by Gasteiger charge is 2.04. The lowest BCUT2D eigenvalue weighted by Crippen LogP contribution is -2.37. The van der Waals surface area contributed by atoms with E-state index in [-0.39, 0.29) is 24.0 Å². The average Bonchev–Trinajstić information content (AvgIpc) is 2.63. The van der Waals surface area contributed by atoms with Gasteiger partial charge in [-0.25, -0.2) is 4.99 Å². The maximum absolute atomic E-state index is 5.78. The van der Waals surface area contributed by atoms with E-state index in [1.807, 2.05) is 18.7 Å². The van der Waals surface area contributed by atoms with E-state index in [0.29, 0.717) is 24.2 Å². The van der Waals surface area contributed by atoms with E-state index >= 15 is 0 Å². The molecule has 1 aromatic rings. The van der Waals surface area contributed by atoms with E-state index in [4.69, 9.17) is 10.3 Å². The van der Waals surface area contributed by atoms with Crippen molar-refractivity contribution in [3.63, 3.8) is 0 Å². The highest BCUT2D eigenvalue weighted by Crippen LogP contribution is 1.98. The molecular weight excluding hydrogens is 321 g/mol. The number of nitrogens with two attached hydrogens (primary N) is 1. The third-order valence-corrected chi connectivity index (χ3v) is 2.03. The van der Waals surface area contributed by atoms with Crippen LogP contribution < -0.4 is 5.73 Å². The standard InChI is InChI=1S/C9H17N5O.HI/c1-4-14(5-2)9(10)11-6-8-12-7(3)13-15-8;/h4-6H2,1-3H3,(H2,10,11);1H. The minimum atomic E-state index is 0. The van der Waals surface area contributed by atoms with Gasteiger partial charge in [-0.1, -0.05) is 5.16 Å². The third-order valence-electron chi connectivity index (χ3n) is 2.03. The Morgan fingerprint density at radius 2 is 2.06 bits per heavy atom. The van der Waals surface area contributed by atoms with Crippen LogP contribution in [0.25, 0.3) is 0 Å². The number of guanidine groups is 1. The van der Waals surface area contributed by atoms with Crippen LogP contribution in [0.1, 0.15) is 25.6 Å². The van der Waals surface area contributed by atoms with Crippen molar-refractivity contribution in [1.29, 1.82) is 0 Å². The Morgan fingerprint density at radius 3 is 2.50 bits per heavy atom. The molecule has 1 aromatic heterocycles. The van der Waals surface area contributed by atoms with Crippen LogP contribution in [0.3, 0.4) is 0 Å². The van der Waals surface area contributed by atoms with E-state index in [0.717, 1.165) is 13.1 Å². The molecule has 6 nitrogen and oxygen atoms in total. The van der Waals surface area contributed by atoms with Crippen molar-refractivity contribution in [3.05, 3.63) is 11.7 Å². The summed E-state index contributed by atoms with van der Waals surface area (Å²) in [7, 11) is 0. The van der Waals surface area contributed by atoms with Crippen molar-refractivity contribution in [2.24, 2.45) is 10.7 Å². The summed E-state index contributed by atoms with van der Waals surface area (Å²) in [5.74, 6) is 1.61. The van der Waals surface area contributed by atoms with E-state index in [2.05, 4.69) is 15.1 Å². The molecule has 0 bridgehead atoms. The Hall–Kier alpha value is -0.860. The lowest BCUT2D eigenvalue weighted by atomic mass is 10.5. The van der Waals surface area contributed by atoms with Crippen LogP contribution in [0.4, 0.5) is 0 Å². The molecule has 0 aromatic carbocycles. The van der Waals surface area contributed by atoms with Gasteiger partial charge in [-0.3, -0.25) is 0 Å². The molecule has 16 heavy (non-hydrogen) atoms. The Morgan fingerprint density at radius 1 is 1.44 bits per heavy atom. The lowest BCUT2D eigenvalue weighted by molar-refractivity contribution is 0.375. The summed E-state index contributed by atoms with van der Waals surface area (Å²) in [5.41, 5.74) is 5.78.